The molecule has 1 N–H and O–H groups in total. The van der Waals surface area contributed by atoms with Gasteiger partial charge in [0.1, 0.15) is 0 Å². The summed E-state index contributed by atoms with van der Waals surface area (Å²) in [6, 6.07) is 8.69. The number of carbonyl (C=O) groups excluding carboxylic acids is 1. The predicted molar refractivity (Wildman–Crippen MR) is 99.9 cm³/mol. The topological polar surface area (TPSA) is 64.0 Å². The monoisotopic (exact) mass is 405 g/mol. The summed E-state index contributed by atoms with van der Waals surface area (Å²) in [7, 11) is 0. The molecule has 1 aliphatic rings. The Kier molecular flexibility index (Phi) is 4.84. The number of rotatable bonds is 5. The second-order valence-corrected chi connectivity index (χ2v) is 7.32. The van der Waals surface area contributed by atoms with E-state index in [0.717, 1.165) is 36.7 Å². The summed E-state index contributed by atoms with van der Waals surface area (Å²) in [6.07, 6.45) is 1.72. The van der Waals surface area contributed by atoms with Crippen LogP contribution >= 0.6 is 11.8 Å². The first-order chi connectivity index (χ1) is 13.5. The van der Waals surface area contributed by atoms with Gasteiger partial charge in [0.05, 0.1) is 22.3 Å². The molecular formula is C19H14F3N3O2S. The number of halogens is 3. The molecule has 1 amide bonds. The van der Waals surface area contributed by atoms with Gasteiger partial charge < -0.3 is 5.32 Å². The van der Waals surface area contributed by atoms with Crippen molar-refractivity contribution >= 4 is 34.3 Å². The molecule has 0 aliphatic heterocycles. The van der Waals surface area contributed by atoms with E-state index in [2.05, 4.69) is 10.3 Å². The van der Waals surface area contributed by atoms with Crippen LogP contribution in [0.3, 0.4) is 0 Å². The van der Waals surface area contributed by atoms with Crippen molar-refractivity contribution < 1.29 is 18.0 Å². The fourth-order valence-corrected chi connectivity index (χ4v) is 3.69. The smallest absolute Gasteiger partial charge is 0.262 e. The first-order valence-electron chi connectivity index (χ1n) is 8.53. The van der Waals surface area contributed by atoms with Gasteiger partial charge >= 0.3 is 0 Å². The molecule has 1 aliphatic carbocycles. The molecule has 28 heavy (non-hydrogen) atoms. The van der Waals surface area contributed by atoms with Crippen molar-refractivity contribution in [3.05, 3.63) is 64.2 Å². The molecule has 0 saturated heterocycles. The minimum absolute atomic E-state index is 0.0545. The van der Waals surface area contributed by atoms with Gasteiger partial charge in [0.2, 0.25) is 5.91 Å². The third-order valence-electron chi connectivity index (χ3n) is 4.33. The van der Waals surface area contributed by atoms with E-state index in [1.54, 1.807) is 28.8 Å². The van der Waals surface area contributed by atoms with Crippen LogP contribution < -0.4 is 10.9 Å². The molecule has 5 nitrogen and oxygen atoms in total. The number of aromatic nitrogens is 2. The Morgan fingerprint density at radius 1 is 1.14 bits per heavy atom. The van der Waals surface area contributed by atoms with E-state index in [0.29, 0.717) is 16.1 Å². The second kappa shape index (κ2) is 7.31. The lowest BCUT2D eigenvalue weighted by Gasteiger charge is -2.12. The highest BCUT2D eigenvalue weighted by atomic mass is 32.2. The summed E-state index contributed by atoms with van der Waals surface area (Å²) >= 11 is 1.03. The van der Waals surface area contributed by atoms with E-state index in [-0.39, 0.29) is 17.4 Å². The van der Waals surface area contributed by atoms with Gasteiger partial charge in [-0.3, -0.25) is 14.2 Å². The third kappa shape index (κ3) is 3.49. The van der Waals surface area contributed by atoms with Gasteiger partial charge in [-0.05, 0) is 37.1 Å². The SMILES string of the molecule is O=C(CSc1nc2ccccc2c(=O)n1C1CC1)Nc1ccc(F)c(F)c1F. The Hall–Kier alpha value is -2.81. The predicted octanol–water partition coefficient (Wildman–Crippen LogP) is 3.88. The standard InChI is InChI=1S/C19H14F3N3O2S/c20-12-7-8-14(17(22)16(12)21)23-15(26)9-28-19-24-13-4-2-1-3-11(13)18(27)25(19)10-5-6-10/h1-4,7-8,10H,5-6,9H2,(H,23,26). The molecule has 3 aromatic rings. The lowest BCUT2D eigenvalue weighted by Crippen LogP contribution is -2.23. The van der Waals surface area contributed by atoms with Crippen LogP contribution in [0.15, 0.2) is 46.3 Å². The maximum absolute atomic E-state index is 13.7. The fraction of sp³-hybridized carbons (Fsp3) is 0.211. The van der Waals surface area contributed by atoms with Gasteiger partial charge in [0, 0.05) is 6.04 Å². The number of hydrogen-bond acceptors (Lipinski definition) is 4. The Morgan fingerprint density at radius 3 is 2.64 bits per heavy atom. The van der Waals surface area contributed by atoms with Gasteiger partial charge in [-0.15, -0.1) is 0 Å². The molecule has 1 aromatic heterocycles. The average Bonchev–Trinajstić information content (AvgIpc) is 3.52. The molecule has 144 valence electrons. The van der Waals surface area contributed by atoms with Gasteiger partial charge in [-0.2, -0.15) is 0 Å². The van der Waals surface area contributed by atoms with Crippen LogP contribution in [0.4, 0.5) is 18.9 Å². The van der Waals surface area contributed by atoms with Crippen molar-refractivity contribution in [1.82, 2.24) is 9.55 Å². The minimum atomic E-state index is -1.65. The van der Waals surface area contributed by atoms with Crippen LogP contribution in [0, 0.1) is 17.5 Å². The van der Waals surface area contributed by atoms with Crippen molar-refractivity contribution in [2.45, 2.75) is 24.0 Å². The number of carbonyl (C=O) groups is 1. The highest BCUT2D eigenvalue weighted by Crippen LogP contribution is 2.36. The molecule has 4 rings (SSSR count). The molecule has 0 spiro atoms. The Morgan fingerprint density at radius 2 is 1.89 bits per heavy atom. The van der Waals surface area contributed by atoms with E-state index >= 15 is 0 Å². The summed E-state index contributed by atoms with van der Waals surface area (Å²) < 4.78 is 41.5. The lowest BCUT2D eigenvalue weighted by molar-refractivity contribution is -0.113. The summed E-state index contributed by atoms with van der Waals surface area (Å²) in [6.45, 7) is 0. The number of benzene rings is 2. The van der Waals surface area contributed by atoms with Crippen LogP contribution in [0.25, 0.3) is 10.9 Å². The fourth-order valence-electron chi connectivity index (χ4n) is 2.82. The van der Waals surface area contributed by atoms with Crippen LogP contribution in [0.5, 0.6) is 0 Å². The molecule has 1 heterocycles. The molecule has 1 saturated carbocycles. The maximum atomic E-state index is 13.7. The molecule has 0 radical (unpaired) electrons. The molecule has 9 heteroatoms. The number of anilines is 1. The zero-order valence-electron chi connectivity index (χ0n) is 14.4. The van der Waals surface area contributed by atoms with E-state index in [9.17, 15) is 22.8 Å². The highest BCUT2D eigenvalue weighted by Gasteiger charge is 2.28. The molecule has 2 aromatic carbocycles. The van der Waals surface area contributed by atoms with Crippen molar-refractivity contribution in [3.63, 3.8) is 0 Å². The Balaban J connectivity index is 1.56. The highest BCUT2D eigenvalue weighted by molar-refractivity contribution is 7.99. The number of para-hydroxylation sites is 1. The summed E-state index contributed by atoms with van der Waals surface area (Å²) in [5, 5.41) is 3.11. The van der Waals surface area contributed by atoms with E-state index in [1.165, 1.54) is 0 Å². The van der Waals surface area contributed by atoms with Crippen LogP contribution in [0.1, 0.15) is 18.9 Å². The van der Waals surface area contributed by atoms with Gasteiger partial charge in [-0.1, -0.05) is 23.9 Å². The number of thioether (sulfide) groups is 1. The minimum Gasteiger partial charge on any atom is -0.323 e. The maximum Gasteiger partial charge on any atom is 0.262 e. The summed E-state index contributed by atoms with van der Waals surface area (Å²) in [5.74, 6) is -5.24. The van der Waals surface area contributed by atoms with Crippen LogP contribution in [0.2, 0.25) is 0 Å². The third-order valence-corrected chi connectivity index (χ3v) is 5.28. The summed E-state index contributed by atoms with van der Waals surface area (Å²) in [5.41, 5.74) is -0.0860. The molecular weight excluding hydrogens is 391 g/mol. The molecule has 0 bridgehead atoms. The zero-order valence-corrected chi connectivity index (χ0v) is 15.2. The van der Waals surface area contributed by atoms with E-state index < -0.39 is 29.0 Å². The normalized spacial score (nSPS) is 13.7. The summed E-state index contributed by atoms with van der Waals surface area (Å²) in [4.78, 5) is 29.4. The van der Waals surface area contributed by atoms with Gasteiger partial charge in [0.15, 0.2) is 22.6 Å². The van der Waals surface area contributed by atoms with Crippen molar-refractivity contribution in [3.8, 4) is 0 Å². The largest absolute Gasteiger partial charge is 0.323 e. The number of nitrogens with one attached hydrogen (secondary N) is 1. The van der Waals surface area contributed by atoms with Crippen molar-refractivity contribution in [2.24, 2.45) is 0 Å². The van der Waals surface area contributed by atoms with Crippen molar-refractivity contribution in [2.75, 3.05) is 11.1 Å². The number of amides is 1. The quantitative estimate of drug-likeness (QED) is 0.398. The Bertz CT molecular complexity index is 1150. The van der Waals surface area contributed by atoms with Gasteiger partial charge in [0.25, 0.3) is 5.56 Å². The van der Waals surface area contributed by atoms with Crippen LogP contribution in [-0.2, 0) is 4.79 Å². The van der Waals surface area contributed by atoms with E-state index in [4.69, 9.17) is 0 Å². The van der Waals surface area contributed by atoms with Crippen molar-refractivity contribution in [1.29, 1.82) is 0 Å². The molecule has 0 atom stereocenters. The lowest BCUT2D eigenvalue weighted by atomic mass is 10.2. The first-order valence-corrected chi connectivity index (χ1v) is 9.51. The number of fused-ring (bicyclic) bond motifs is 1. The molecule has 1 fully saturated rings. The number of nitrogens with zero attached hydrogens (tertiary/aromatic N) is 2. The van der Waals surface area contributed by atoms with E-state index in [1.807, 2.05) is 0 Å². The zero-order chi connectivity index (χ0) is 19.8. The van der Waals surface area contributed by atoms with Gasteiger partial charge in [-0.25, -0.2) is 18.2 Å². The molecule has 0 unspecified atom stereocenters. The number of hydrogen-bond donors (Lipinski definition) is 1. The van der Waals surface area contributed by atoms with Crippen LogP contribution in [-0.4, -0.2) is 21.2 Å². The second-order valence-electron chi connectivity index (χ2n) is 6.38. The average molecular weight is 405 g/mol. The first kappa shape index (κ1) is 18.5. The Labute approximate surface area is 161 Å².